The summed E-state index contributed by atoms with van der Waals surface area (Å²) in [4.78, 5) is 42.2. The normalized spacial score (nSPS) is 17.8. The molecule has 0 radical (unpaired) electrons. The molecule has 36 heavy (non-hydrogen) atoms. The summed E-state index contributed by atoms with van der Waals surface area (Å²) in [6, 6.07) is 15.3. The number of nitrogens with one attached hydrogen (secondary N) is 2. The van der Waals surface area contributed by atoms with Crippen LogP contribution in [0.3, 0.4) is 0 Å². The van der Waals surface area contributed by atoms with Gasteiger partial charge in [-0.1, -0.05) is 42.0 Å². The molecular formula is C27H27N3O4S2. The fraction of sp³-hybridized carbons (Fsp3) is 0.259. The Kier molecular flexibility index (Phi) is 8.22. The number of benzene rings is 2. The second-order valence-corrected chi connectivity index (χ2v) is 10.9. The highest BCUT2D eigenvalue weighted by Gasteiger charge is 2.33. The molecule has 3 aromatic rings. The molecule has 1 heterocycles. The number of hydrogen-bond donors (Lipinski definition) is 3. The van der Waals surface area contributed by atoms with E-state index in [-0.39, 0.29) is 17.1 Å². The molecule has 0 bridgehead atoms. The number of amides is 2. The van der Waals surface area contributed by atoms with Crippen molar-refractivity contribution in [3.05, 3.63) is 71.6 Å². The van der Waals surface area contributed by atoms with E-state index in [1.165, 1.54) is 28.7 Å². The molecule has 3 N–H and O–H groups in total. The van der Waals surface area contributed by atoms with Crippen molar-refractivity contribution in [2.45, 2.75) is 36.8 Å². The molecule has 0 fully saturated rings. The molecule has 3 atom stereocenters. The molecule has 1 aliphatic carbocycles. The number of aromatic nitrogens is 1. The molecule has 1 aliphatic rings. The van der Waals surface area contributed by atoms with Crippen molar-refractivity contribution in [1.29, 1.82) is 0 Å². The predicted octanol–water partition coefficient (Wildman–Crippen LogP) is 5.84. The number of carboxylic acid groups (broad SMARTS) is 1. The first-order valence-corrected chi connectivity index (χ1v) is 13.3. The third-order valence-corrected chi connectivity index (χ3v) is 7.84. The summed E-state index contributed by atoms with van der Waals surface area (Å²) >= 11 is 2.79. The van der Waals surface area contributed by atoms with Crippen LogP contribution in [0.5, 0.6) is 0 Å². The van der Waals surface area contributed by atoms with Crippen LogP contribution in [-0.2, 0) is 14.4 Å². The predicted molar refractivity (Wildman–Crippen MR) is 144 cm³/mol. The van der Waals surface area contributed by atoms with Gasteiger partial charge in [-0.3, -0.25) is 14.4 Å². The summed E-state index contributed by atoms with van der Waals surface area (Å²) in [5.41, 5.74) is 3.60. The minimum absolute atomic E-state index is 0.146. The van der Waals surface area contributed by atoms with Crippen molar-refractivity contribution in [1.82, 2.24) is 4.98 Å². The molecule has 2 amide bonds. The van der Waals surface area contributed by atoms with Gasteiger partial charge < -0.3 is 15.7 Å². The second-order valence-electron chi connectivity index (χ2n) is 8.66. The van der Waals surface area contributed by atoms with Gasteiger partial charge in [0.2, 0.25) is 11.8 Å². The Balaban J connectivity index is 1.30. The van der Waals surface area contributed by atoms with E-state index in [0.717, 1.165) is 16.2 Å². The van der Waals surface area contributed by atoms with E-state index in [4.69, 9.17) is 0 Å². The van der Waals surface area contributed by atoms with Crippen molar-refractivity contribution in [3.8, 4) is 11.3 Å². The highest BCUT2D eigenvalue weighted by molar-refractivity contribution is 8.00. The Labute approximate surface area is 218 Å². The van der Waals surface area contributed by atoms with Crippen molar-refractivity contribution in [3.63, 3.8) is 0 Å². The van der Waals surface area contributed by atoms with Crippen molar-refractivity contribution in [2.24, 2.45) is 11.8 Å². The van der Waals surface area contributed by atoms with Gasteiger partial charge in [0.15, 0.2) is 5.13 Å². The standard InChI is InChI=1S/C27H27N3O4S2/c1-16-7-9-18(10-8-16)23-15-35-27(29-23)30-24(31)17(2)36-20-13-11-19(12-14-20)28-25(32)21-5-3-4-6-22(21)26(33)34/h3-4,7-15,17,21-22H,5-6H2,1-2H3,(H,28,32)(H,33,34)(H,29,30,31). The Hall–Kier alpha value is -3.43. The second kappa shape index (κ2) is 11.5. The number of rotatable bonds is 8. The van der Waals surface area contributed by atoms with E-state index in [0.29, 0.717) is 23.7 Å². The third-order valence-electron chi connectivity index (χ3n) is 5.97. The number of nitrogens with zero attached hydrogens (tertiary/aromatic N) is 1. The average Bonchev–Trinajstić information content (AvgIpc) is 3.34. The van der Waals surface area contributed by atoms with Gasteiger partial charge in [0.25, 0.3) is 0 Å². The zero-order valence-corrected chi connectivity index (χ0v) is 21.6. The average molecular weight is 522 g/mol. The van der Waals surface area contributed by atoms with Gasteiger partial charge in [0.1, 0.15) is 0 Å². The summed E-state index contributed by atoms with van der Waals surface area (Å²) in [5, 5.41) is 17.2. The van der Waals surface area contributed by atoms with Crippen molar-refractivity contribution in [2.75, 3.05) is 10.6 Å². The molecule has 3 unspecified atom stereocenters. The van der Waals surface area contributed by atoms with Gasteiger partial charge in [-0.05, 0) is 51.0 Å². The summed E-state index contributed by atoms with van der Waals surface area (Å²) < 4.78 is 0. The fourth-order valence-electron chi connectivity index (χ4n) is 3.88. The minimum Gasteiger partial charge on any atom is -0.481 e. The van der Waals surface area contributed by atoms with Gasteiger partial charge in [-0.2, -0.15) is 0 Å². The maximum absolute atomic E-state index is 12.7. The first kappa shape index (κ1) is 25.7. The van der Waals surface area contributed by atoms with E-state index < -0.39 is 17.8 Å². The number of thiazole rings is 1. The molecule has 0 saturated carbocycles. The molecule has 1 aromatic heterocycles. The lowest BCUT2D eigenvalue weighted by atomic mass is 9.82. The lowest BCUT2D eigenvalue weighted by Crippen LogP contribution is -2.34. The number of aryl methyl sites for hydroxylation is 1. The Morgan fingerprint density at radius 2 is 1.67 bits per heavy atom. The van der Waals surface area contributed by atoms with Gasteiger partial charge in [-0.15, -0.1) is 23.1 Å². The molecular weight excluding hydrogens is 494 g/mol. The van der Waals surface area contributed by atoms with E-state index in [1.54, 1.807) is 12.1 Å². The summed E-state index contributed by atoms with van der Waals surface area (Å²) in [5.74, 6) is -2.71. The molecule has 4 rings (SSSR count). The maximum Gasteiger partial charge on any atom is 0.307 e. The minimum atomic E-state index is -0.956. The number of carboxylic acids is 1. The van der Waals surface area contributed by atoms with E-state index in [1.807, 2.05) is 67.8 Å². The molecule has 0 saturated heterocycles. The first-order valence-electron chi connectivity index (χ1n) is 11.6. The Morgan fingerprint density at radius 1 is 1.00 bits per heavy atom. The highest BCUT2D eigenvalue weighted by Crippen LogP contribution is 2.30. The number of allylic oxidation sites excluding steroid dienone is 2. The van der Waals surface area contributed by atoms with E-state index >= 15 is 0 Å². The van der Waals surface area contributed by atoms with E-state index in [9.17, 15) is 19.5 Å². The van der Waals surface area contributed by atoms with Crippen LogP contribution in [0.25, 0.3) is 11.3 Å². The Morgan fingerprint density at radius 3 is 2.33 bits per heavy atom. The lowest BCUT2D eigenvalue weighted by molar-refractivity contribution is -0.146. The van der Waals surface area contributed by atoms with Gasteiger partial charge in [-0.25, -0.2) is 4.98 Å². The molecule has 0 spiro atoms. The number of carbonyl (C=O) groups excluding carboxylic acids is 2. The Bertz CT molecular complexity index is 1270. The van der Waals surface area contributed by atoms with E-state index in [2.05, 4.69) is 15.6 Å². The van der Waals surface area contributed by atoms with Gasteiger partial charge >= 0.3 is 5.97 Å². The maximum atomic E-state index is 12.7. The van der Waals surface area contributed by atoms with Crippen LogP contribution < -0.4 is 10.6 Å². The molecule has 7 nitrogen and oxygen atoms in total. The van der Waals surface area contributed by atoms with Crippen LogP contribution in [0.15, 0.2) is 71.0 Å². The number of carbonyl (C=O) groups is 3. The SMILES string of the molecule is Cc1ccc(-c2csc(NC(=O)C(C)Sc3ccc(NC(=O)C4CC=CCC4C(=O)O)cc3)n2)cc1. The quantitative estimate of drug-likeness (QED) is 0.254. The smallest absolute Gasteiger partial charge is 0.307 e. The first-order chi connectivity index (χ1) is 17.3. The van der Waals surface area contributed by atoms with Crippen LogP contribution >= 0.6 is 23.1 Å². The lowest BCUT2D eigenvalue weighted by Gasteiger charge is -2.24. The number of aliphatic carboxylic acids is 1. The number of hydrogen-bond acceptors (Lipinski definition) is 6. The van der Waals surface area contributed by atoms with Crippen LogP contribution in [0.2, 0.25) is 0 Å². The summed E-state index contributed by atoms with van der Waals surface area (Å²) in [6.07, 6.45) is 4.43. The summed E-state index contributed by atoms with van der Waals surface area (Å²) in [6.45, 7) is 3.86. The van der Waals surface area contributed by atoms with Crippen LogP contribution in [0.1, 0.15) is 25.3 Å². The van der Waals surface area contributed by atoms with Gasteiger partial charge in [0.05, 0.1) is 22.8 Å². The monoisotopic (exact) mass is 521 g/mol. The molecule has 186 valence electrons. The molecule has 0 aliphatic heterocycles. The topological polar surface area (TPSA) is 108 Å². The highest BCUT2D eigenvalue weighted by atomic mass is 32.2. The van der Waals surface area contributed by atoms with Crippen LogP contribution in [0.4, 0.5) is 10.8 Å². The molecule has 2 aromatic carbocycles. The molecule has 9 heteroatoms. The largest absolute Gasteiger partial charge is 0.481 e. The summed E-state index contributed by atoms with van der Waals surface area (Å²) in [7, 11) is 0. The van der Waals surface area contributed by atoms with Crippen LogP contribution in [0, 0.1) is 18.8 Å². The zero-order valence-electron chi connectivity index (χ0n) is 19.9. The van der Waals surface area contributed by atoms with Gasteiger partial charge in [0, 0.05) is 21.5 Å². The van der Waals surface area contributed by atoms with Crippen LogP contribution in [-0.4, -0.2) is 33.1 Å². The third kappa shape index (κ3) is 6.41. The number of anilines is 2. The zero-order chi connectivity index (χ0) is 25.7. The van der Waals surface area contributed by atoms with Crippen molar-refractivity contribution < 1.29 is 19.5 Å². The van der Waals surface area contributed by atoms with Crippen molar-refractivity contribution >= 4 is 51.7 Å². The number of thioether (sulfide) groups is 1. The fourth-order valence-corrected chi connectivity index (χ4v) is 5.47.